The summed E-state index contributed by atoms with van der Waals surface area (Å²) in [5, 5.41) is 12.3. The van der Waals surface area contributed by atoms with Crippen molar-refractivity contribution < 1.29 is 4.79 Å². The van der Waals surface area contributed by atoms with E-state index in [0.717, 1.165) is 51.1 Å². The number of hydrogen-bond donors (Lipinski definition) is 1. The lowest BCUT2D eigenvalue weighted by Gasteiger charge is -2.41. The van der Waals surface area contributed by atoms with Gasteiger partial charge in [-0.05, 0) is 37.5 Å². The van der Waals surface area contributed by atoms with Gasteiger partial charge in [0.05, 0.1) is 10.6 Å². The molecule has 2 aliphatic heterocycles. The molecule has 0 unspecified atom stereocenters. The summed E-state index contributed by atoms with van der Waals surface area (Å²) in [5.74, 6) is 0. The van der Waals surface area contributed by atoms with Crippen LogP contribution in [0.2, 0.25) is 5.02 Å². The molecule has 2 fully saturated rings. The van der Waals surface area contributed by atoms with E-state index in [2.05, 4.69) is 16.3 Å². The Labute approximate surface area is 135 Å². The number of piperidine rings is 1. The molecule has 5 nitrogen and oxygen atoms in total. The minimum Gasteiger partial charge on any atom is -0.371 e. The first-order chi connectivity index (χ1) is 10.7. The largest absolute Gasteiger partial charge is 0.371 e. The Morgan fingerprint density at radius 3 is 2.68 bits per heavy atom. The van der Waals surface area contributed by atoms with Crippen molar-refractivity contribution in [3.05, 3.63) is 28.8 Å². The van der Waals surface area contributed by atoms with Gasteiger partial charge in [-0.15, -0.1) is 0 Å². The fourth-order valence-corrected chi connectivity index (χ4v) is 3.44. The van der Waals surface area contributed by atoms with E-state index >= 15 is 0 Å². The number of nitrogens with one attached hydrogen (secondary N) is 1. The van der Waals surface area contributed by atoms with Gasteiger partial charge in [0.2, 0.25) is 0 Å². The van der Waals surface area contributed by atoms with Crippen LogP contribution in [0.15, 0.2) is 18.2 Å². The topological polar surface area (TPSA) is 59.4 Å². The van der Waals surface area contributed by atoms with Gasteiger partial charge in [0.1, 0.15) is 6.07 Å². The number of urea groups is 1. The lowest BCUT2D eigenvalue weighted by atomic mass is 10.0. The van der Waals surface area contributed by atoms with Crippen molar-refractivity contribution in [1.82, 2.24) is 10.2 Å². The first-order valence-electron chi connectivity index (χ1n) is 7.68. The summed E-state index contributed by atoms with van der Waals surface area (Å²) >= 11 is 6.11. The Hall–Kier alpha value is -1.93. The molecule has 0 saturated carbocycles. The monoisotopic (exact) mass is 318 g/mol. The van der Waals surface area contributed by atoms with Crippen LogP contribution in [-0.4, -0.2) is 43.2 Å². The van der Waals surface area contributed by atoms with E-state index in [4.69, 9.17) is 16.9 Å². The van der Waals surface area contributed by atoms with E-state index in [1.165, 1.54) is 0 Å². The number of anilines is 1. The molecule has 2 aliphatic rings. The molecule has 0 aromatic heterocycles. The Morgan fingerprint density at radius 1 is 1.27 bits per heavy atom. The average Bonchev–Trinajstić information content (AvgIpc) is 2.55. The number of nitrogens with zero attached hydrogens (tertiary/aromatic N) is 3. The van der Waals surface area contributed by atoms with Crippen LogP contribution in [0, 0.1) is 11.3 Å². The van der Waals surface area contributed by atoms with E-state index in [0.29, 0.717) is 16.6 Å². The molecular weight excluding hydrogens is 300 g/mol. The maximum Gasteiger partial charge on any atom is 0.317 e. The van der Waals surface area contributed by atoms with E-state index in [1.54, 1.807) is 6.07 Å². The highest BCUT2D eigenvalue weighted by atomic mass is 35.5. The van der Waals surface area contributed by atoms with Crippen LogP contribution in [0.25, 0.3) is 0 Å². The van der Waals surface area contributed by atoms with Gasteiger partial charge in [0, 0.05) is 37.9 Å². The van der Waals surface area contributed by atoms with Crippen LogP contribution in [0.4, 0.5) is 10.5 Å². The quantitative estimate of drug-likeness (QED) is 0.911. The summed E-state index contributed by atoms with van der Waals surface area (Å²) in [6.45, 7) is 3.45. The second-order valence-electron chi connectivity index (χ2n) is 5.77. The lowest BCUT2D eigenvalue weighted by molar-refractivity contribution is 0.149. The number of rotatable bonds is 2. The lowest BCUT2D eigenvalue weighted by Crippen LogP contribution is -2.54. The van der Waals surface area contributed by atoms with Gasteiger partial charge in [-0.25, -0.2) is 4.79 Å². The maximum atomic E-state index is 11.9. The Balaban J connectivity index is 1.63. The smallest absolute Gasteiger partial charge is 0.317 e. The zero-order valence-corrected chi connectivity index (χ0v) is 13.1. The van der Waals surface area contributed by atoms with Crippen LogP contribution in [0.3, 0.4) is 0 Å². The molecule has 116 valence electrons. The summed E-state index contributed by atoms with van der Waals surface area (Å²) < 4.78 is 0. The molecule has 1 aromatic carbocycles. The predicted molar refractivity (Wildman–Crippen MR) is 86.1 cm³/mol. The standard InChI is InChI=1S/C16H19ClN4O/c17-15-10-14(3-2-12(15)11-18)20-8-4-13(5-9-20)21-7-1-6-19-16(21)22/h2-3,10,13H,1,4-9H2,(H,19,22). The maximum absolute atomic E-state index is 11.9. The van der Waals surface area contributed by atoms with E-state index in [-0.39, 0.29) is 6.03 Å². The molecule has 2 amide bonds. The molecule has 3 rings (SSSR count). The van der Waals surface area contributed by atoms with Crippen LogP contribution < -0.4 is 10.2 Å². The van der Waals surface area contributed by atoms with Gasteiger partial charge in [-0.2, -0.15) is 5.26 Å². The first kappa shape index (κ1) is 15.0. The SMILES string of the molecule is N#Cc1ccc(N2CCC(N3CCCNC3=O)CC2)cc1Cl. The van der Waals surface area contributed by atoms with E-state index in [1.807, 2.05) is 17.0 Å². The summed E-state index contributed by atoms with van der Waals surface area (Å²) in [5.41, 5.74) is 1.55. The molecule has 0 spiro atoms. The van der Waals surface area contributed by atoms with Gasteiger partial charge in [-0.1, -0.05) is 11.6 Å². The average molecular weight is 319 g/mol. The van der Waals surface area contributed by atoms with Crippen molar-refractivity contribution in [2.45, 2.75) is 25.3 Å². The number of carbonyl (C=O) groups is 1. The number of amides is 2. The normalized spacial score (nSPS) is 19.7. The van der Waals surface area contributed by atoms with Gasteiger partial charge in [0.15, 0.2) is 0 Å². The first-order valence-corrected chi connectivity index (χ1v) is 8.06. The van der Waals surface area contributed by atoms with Crippen molar-refractivity contribution in [2.24, 2.45) is 0 Å². The summed E-state index contributed by atoms with van der Waals surface area (Å²) in [6.07, 6.45) is 2.95. The number of halogens is 1. The highest BCUT2D eigenvalue weighted by Gasteiger charge is 2.29. The van der Waals surface area contributed by atoms with Crippen LogP contribution in [0.5, 0.6) is 0 Å². The molecule has 0 bridgehead atoms. The molecule has 0 atom stereocenters. The van der Waals surface area contributed by atoms with Crippen molar-refractivity contribution in [3.63, 3.8) is 0 Å². The van der Waals surface area contributed by atoms with Gasteiger partial charge in [-0.3, -0.25) is 0 Å². The third-order valence-corrected chi connectivity index (χ3v) is 4.77. The molecule has 0 aliphatic carbocycles. The zero-order chi connectivity index (χ0) is 15.5. The molecule has 2 saturated heterocycles. The molecule has 0 radical (unpaired) electrons. The fourth-order valence-electron chi connectivity index (χ4n) is 3.22. The number of hydrogen-bond acceptors (Lipinski definition) is 3. The summed E-state index contributed by atoms with van der Waals surface area (Å²) in [6, 6.07) is 8.04. The Kier molecular flexibility index (Phi) is 4.39. The highest BCUT2D eigenvalue weighted by Crippen LogP contribution is 2.27. The second-order valence-corrected chi connectivity index (χ2v) is 6.18. The van der Waals surface area contributed by atoms with E-state index in [9.17, 15) is 4.79 Å². The molecular formula is C16H19ClN4O. The Morgan fingerprint density at radius 2 is 2.05 bits per heavy atom. The number of nitriles is 1. The summed E-state index contributed by atoms with van der Waals surface area (Å²) in [7, 11) is 0. The molecule has 1 aromatic rings. The number of benzene rings is 1. The highest BCUT2D eigenvalue weighted by molar-refractivity contribution is 6.32. The van der Waals surface area contributed by atoms with Crippen LogP contribution >= 0.6 is 11.6 Å². The van der Waals surface area contributed by atoms with Gasteiger partial charge < -0.3 is 15.1 Å². The van der Waals surface area contributed by atoms with E-state index < -0.39 is 0 Å². The van der Waals surface area contributed by atoms with Crippen molar-refractivity contribution >= 4 is 23.3 Å². The minimum atomic E-state index is 0.0751. The van der Waals surface area contributed by atoms with Crippen LogP contribution in [-0.2, 0) is 0 Å². The molecule has 1 N–H and O–H groups in total. The summed E-state index contributed by atoms with van der Waals surface area (Å²) in [4.78, 5) is 16.2. The fraction of sp³-hybridized carbons (Fsp3) is 0.500. The molecule has 2 heterocycles. The van der Waals surface area contributed by atoms with Crippen molar-refractivity contribution in [3.8, 4) is 6.07 Å². The van der Waals surface area contributed by atoms with Gasteiger partial charge in [0.25, 0.3) is 0 Å². The molecule has 22 heavy (non-hydrogen) atoms. The third kappa shape index (κ3) is 2.97. The zero-order valence-electron chi connectivity index (χ0n) is 12.4. The minimum absolute atomic E-state index is 0.0751. The second kappa shape index (κ2) is 6.45. The van der Waals surface area contributed by atoms with Crippen molar-refractivity contribution in [1.29, 1.82) is 5.26 Å². The number of carbonyl (C=O) groups excluding carboxylic acids is 1. The molecule has 6 heteroatoms. The van der Waals surface area contributed by atoms with Crippen LogP contribution in [0.1, 0.15) is 24.8 Å². The predicted octanol–water partition coefficient (Wildman–Crippen LogP) is 2.60. The Bertz CT molecular complexity index is 605. The third-order valence-electron chi connectivity index (χ3n) is 4.46. The van der Waals surface area contributed by atoms with Gasteiger partial charge >= 0.3 is 6.03 Å². The van der Waals surface area contributed by atoms with Crippen molar-refractivity contribution in [2.75, 3.05) is 31.1 Å².